The van der Waals surface area contributed by atoms with E-state index in [1.165, 1.54) is 0 Å². The molecule has 3 heteroatoms. The van der Waals surface area contributed by atoms with Gasteiger partial charge in [0.2, 0.25) is 5.91 Å². The minimum absolute atomic E-state index is 0.0116. The Bertz CT molecular complexity index is 333. The molecule has 2 aliphatic rings. The fourth-order valence-corrected chi connectivity index (χ4v) is 3.56. The van der Waals surface area contributed by atoms with E-state index in [9.17, 15) is 9.59 Å². The van der Waals surface area contributed by atoms with Gasteiger partial charge in [0.05, 0.1) is 0 Å². The van der Waals surface area contributed by atoms with Gasteiger partial charge in [0.1, 0.15) is 11.2 Å². The Morgan fingerprint density at radius 2 is 2.00 bits per heavy atom. The number of nitrogens with zero attached hydrogens (tertiary/aromatic N) is 1. The summed E-state index contributed by atoms with van der Waals surface area (Å²) in [6.07, 6.45) is 2.38. The summed E-state index contributed by atoms with van der Waals surface area (Å²) in [5.41, 5.74) is -0.855. The van der Waals surface area contributed by atoms with Crippen LogP contribution >= 0.6 is 0 Å². The summed E-state index contributed by atoms with van der Waals surface area (Å²) in [6, 6.07) is 0. The number of carbonyl (C=O) groups excluding carboxylic acids is 2. The van der Waals surface area contributed by atoms with Crippen molar-refractivity contribution in [3.8, 4) is 0 Å². The largest absolute Gasteiger partial charge is 0.348 e. The molecule has 0 radical (unpaired) electrons. The van der Waals surface area contributed by atoms with Crippen molar-refractivity contribution in [3.63, 3.8) is 0 Å². The Morgan fingerprint density at radius 1 is 1.40 bits per heavy atom. The molecule has 0 saturated heterocycles. The molecule has 84 valence electrons. The number of amides is 1. The minimum Gasteiger partial charge on any atom is -0.348 e. The quantitative estimate of drug-likeness (QED) is 0.613. The van der Waals surface area contributed by atoms with Crippen molar-refractivity contribution in [3.05, 3.63) is 0 Å². The molecule has 15 heavy (non-hydrogen) atoms. The van der Waals surface area contributed by atoms with Crippen LogP contribution in [0.1, 0.15) is 33.1 Å². The summed E-state index contributed by atoms with van der Waals surface area (Å²) in [7, 11) is 3.48. The van der Waals surface area contributed by atoms with E-state index in [1.54, 1.807) is 19.0 Å². The Hall–Kier alpha value is -0.860. The third kappa shape index (κ3) is 1.01. The van der Waals surface area contributed by atoms with Gasteiger partial charge in [-0.05, 0) is 24.2 Å². The zero-order valence-electron chi connectivity index (χ0n) is 9.96. The third-order valence-electron chi connectivity index (χ3n) is 4.67. The lowest BCUT2D eigenvalue weighted by atomic mass is 9.68. The van der Waals surface area contributed by atoms with Gasteiger partial charge in [0, 0.05) is 20.5 Å². The molecule has 0 N–H and O–H groups in total. The van der Waals surface area contributed by atoms with E-state index in [2.05, 4.69) is 13.8 Å². The van der Waals surface area contributed by atoms with Crippen LogP contribution < -0.4 is 0 Å². The first kappa shape index (κ1) is 10.7. The van der Waals surface area contributed by atoms with E-state index in [-0.39, 0.29) is 17.1 Å². The predicted molar refractivity (Wildman–Crippen MR) is 57.3 cm³/mol. The van der Waals surface area contributed by atoms with Crippen molar-refractivity contribution in [2.24, 2.45) is 16.7 Å². The van der Waals surface area contributed by atoms with E-state index in [0.717, 1.165) is 12.8 Å². The number of fused-ring (bicyclic) bond motifs is 2. The lowest BCUT2D eigenvalue weighted by Crippen LogP contribution is -2.49. The highest BCUT2D eigenvalue weighted by atomic mass is 16.2. The summed E-state index contributed by atoms with van der Waals surface area (Å²) < 4.78 is 0. The van der Waals surface area contributed by atoms with E-state index in [0.29, 0.717) is 12.3 Å². The maximum atomic E-state index is 12.3. The Labute approximate surface area is 90.8 Å². The Kier molecular flexibility index (Phi) is 2.01. The normalized spacial score (nSPS) is 37.1. The highest BCUT2D eigenvalue weighted by molar-refractivity contribution is 6.09. The second-order valence-corrected chi connectivity index (χ2v) is 5.69. The summed E-state index contributed by atoms with van der Waals surface area (Å²) >= 11 is 0. The average molecular weight is 209 g/mol. The van der Waals surface area contributed by atoms with Crippen LogP contribution in [0, 0.1) is 16.7 Å². The average Bonchev–Trinajstić information content (AvgIpc) is 2.49. The van der Waals surface area contributed by atoms with Crippen molar-refractivity contribution < 1.29 is 9.59 Å². The summed E-state index contributed by atoms with van der Waals surface area (Å²) in [5, 5.41) is 0. The molecule has 3 nitrogen and oxygen atoms in total. The van der Waals surface area contributed by atoms with Gasteiger partial charge in [0.25, 0.3) is 0 Å². The summed E-state index contributed by atoms with van der Waals surface area (Å²) in [5.74, 6) is 0.592. The number of hydrogen-bond donors (Lipinski definition) is 0. The van der Waals surface area contributed by atoms with Crippen LogP contribution in [-0.2, 0) is 9.59 Å². The summed E-state index contributed by atoms with van der Waals surface area (Å²) in [4.78, 5) is 25.9. The van der Waals surface area contributed by atoms with E-state index in [1.807, 2.05) is 0 Å². The van der Waals surface area contributed by atoms with Crippen molar-refractivity contribution in [2.45, 2.75) is 33.1 Å². The molecule has 0 heterocycles. The van der Waals surface area contributed by atoms with Gasteiger partial charge in [-0.3, -0.25) is 9.59 Å². The van der Waals surface area contributed by atoms with Crippen molar-refractivity contribution >= 4 is 11.7 Å². The maximum Gasteiger partial charge on any atom is 0.236 e. The smallest absolute Gasteiger partial charge is 0.236 e. The fraction of sp³-hybridized carbons (Fsp3) is 0.833. The maximum absolute atomic E-state index is 12.3. The number of rotatable bonds is 1. The van der Waals surface area contributed by atoms with Crippen LogP contribution in [0.2, 0.25) is 0 Å². The third-order valence-corrected chi connectivity index (χ3v) is 4.67. The van der Waals surface area contributed by atoms with Crippen LogP contribution in [0.5, 0.6) is 0 Å². The van der Waals surface area contributed by atoms with Gasteiger partial charge in [-0.1, -0.05) is 13.8 Å². The second kappa shape index (κ2) is 2.83. The van der Waals surface area contributed by atoms with Gasteiger partial charge in [0.15, 0.2) is 0 Å². The molecule has 1 amide bonds. The SMILES string of the molecule is CN(C)C(=O)[C@]12CC[C@H](CC1=O)C2(C)C. The number of hydrogen-bond acceptors (Lipinski definition) is 2. The van der Waals surface area contributed by atoms with Gasteiger partial charge in [-0.15, -0.1) is 0 Å². The molecular formula is C12H19NO2. The van der Waals surface area contributed by atoms with Crippen molar-refractivity contribution in [2.75, 3.05) is 14.1 Å². The molecular weight excluding hydrogens is 190 g/mol. The molecule has 0 aromatic rings. The van der Waals surface area contributed by atoms with E-state index in [4.69, 9.17) is 0 Å². The standard InChI is InChI=1S/C12H19NO2/c1-11(2)8-5-6-12(11,9(14)7-8)10(15)13(3)4/h8H,5-7H2,1-4H3/t8-,12+/m1/s1. The molecule has 0 aromatic carbocycles. The molecule has 2 aliphatic carbocycles. The van der Waals surface area contributed by atoms with Gasteiger partial charge < -0.3 is 4.90 Å². The van der Waals surface area contributed by atoms with Gasteiger partial charge >= 0.3 is 0 Å². The zero-order chi connectivity index (χ0) is 11.4. The first-order chi connectivity index (χ1) is 6.84. The highest BCUT2D eigenvalue weighted by Crippen LogP contribution is 2.64. The first-order valence-corrected chi connectivity index (χ1v) is 5.59. The number of ketones is 1. The Balaban J connectivity index is 2.49. The monoisotopic (exact) mass is 209 g/mol. The molecule has 0 aliphatic heterocycles. The molecule has 0 spiro atoms. The summed E-state index contributed by atoms with van der Waals surface area (Å²) in [6.45, 7) is 4.16. The topological polar surface area (TPSA) is 37.4 Å². The zero-order valence-corrected chi connectivity index (χ0v) is 9.96. The lowest BCUT2D eigenvalue weighted by Gasteiger charge is -2.36. The minimum atomic E-state index is -0.707. The molecule has 2 rings (SSSR count). The van der Waals surface area contributed by atoms with Crippen LogP contribution in [0.25, 0.3) is 0 Å². The first-order valence-electron chi connectivity index (χ1n) is 5.59. The molecule has 2 atom stereocenters. The molecule has 2 fully saturated rings. The highest BCUT2D eigenvalue weighted by Gasteiger charge is 2.68. The van der Waals surface area contributed by atoms with Gasteiger partial charge in [-0.2, -0.15) is 0 Å². The number of carbonyl (C=O) groups is 2. The molecule has 0 unspecified atom stereocenters. The van der Waals surface area contributed by atoms with Crippen molar-refractivity contribution in [1.82, 2.24) is 4.90 Å². The van der Waals surface area contributed by atoms with Crippen LogP contribution in [0.4, 0.5) is 0 Å². The number of Topliss-reactive ketones (excluding diaryl/α,β-unsaturated/α-hetero) is 1. The predicted octanol–water partition coefficient (Wildman–Crippen LogP) is 1.47. The van der Waals surface area contributed by atoms with Crippen LogP contribution in [0.15, 0.2) is 0 Å². The van der Waals surface area contributed by atoms with Crippen LogP contribution in [0.3, 0.4) is 0 Å². The van der Waals surface area contributed by atoms with Gasteiger partial charge in [-0.25, -0.2) is 0 Å². The fourth-order valence-electron chi connectivity index (χ4n) is 3.56. The molecule has 2 bridgehead atoms. The van der Waals surface area contributed by atoms with E-state index >= 15 is 0 Å². The molecule has 2 saturated carbocycles. The van der Waals surface area contributed by atoms with Crippen molar-refractivity contribution in [1.29, 1.82) is 0 Å². The second-order valence-electron chi connectivity index (χ2n) is 5.69. The van der Waals surface area contributed by atoms with Crippen LogP contribution in [-0.4, -0.2) is 30.7 Å². The van der Waals surface area contributed by atoms with E-state index < -0.39 is 5.41 Å². The molecule has 0 aromatic heterocycles. The lowest BCUT2D eigenvalue weighted by molar-refractivity contribution is -0.151. The Morgan fingerprint density at radius 3 is 2.33 bits per heavy atom.